The number of methoxy groups -OCH3 is 1. The number of rotatable bonds is 2. The summed E-state index contributed by atoms with van der Waals surface area (Å²) in [5, 5.41) is 2.23. The fourth-order valence-electron chi connectivity index (χ4n) is 1.76. The molecule has 0 radical (unpaired) electrons. The zero-order valence-corrected chi connectivity index (χ0v) is 9.49. The van der Waals surface area contributed by atoms with E-state index in [0.717, 1.165) is 17.2 Å². The minimum absolute atomic E-state index is 0.290. The van der Waals surface area contributed by atoms with Gasteiger partial charge in [-0.1, -0.05) is 31.2 Å². The van der Waals surface area contributed by atoms with Gasteiger partial charge in [-0.3, -0.25) is 0 Å². The van der Waals surface area contributed by atoms with Crippen LogP contribution in [0.25, 0.3) is 10.8 Å². The van der Waals surface area contributed by atoms with Gasteiger partial charge in [-0.25, -0.2) is 4.79 Å². The molecule has 16 heavy (non-hydrogen) atoms. The zero-order chi connectivity index (χ0) is 11.5. The number of ether oxygens (including phenoxy) is 1. The highest BCUT2D eigenvalue weighted by atomic mass is 16.5. The lowest BCUT2D eigenvalue weighted by molar-refractivity contribution is 0.0601. The van der Waals surface area contributed by atoms with Crippen LogP contribution in [0.2, 0.25) is 0 Å². The third-order valence-electron chi connectivity index (χ3n) is 2.73. The molecule has 82 valence electrons. The largest absolute Gasteiger partial charge is 0.465 e. The van der Waals surface area contributed by atoms with Crippen molar-refractivity contribution < 1.29 is 9.53 Å². The smallest absolute Gasteiger partial charge is 0.337 e. The Labute approximate surface area is 94.8 Å². The number of esters is 1. The van der Waals surface area contributed by atoms with Crippen molar-refractivity contribution in [1.82, 2.24) is 0 Å². The first-order chi connectivity index (χ1) is 7.74. The fourth-order valence-corrected chi connectivity index (χ4v) is 1.76. The number of carbonyl (C=O) groups is 1. The van der Waals surface area contributed by atoms with Gasteiger partial charge in [-0.05, 0) is 34.9 Å². The summed E-state index contributed by atoms with van der Waals surface area (Å²) in [6.07, 6.45) is 1.02. The predicted octanol–water partition coefficient (Wildman–Crippen LogP) is 3.19. The van der Waals surface area contributed by atoms with Gasteiger partial charge in [0, 0.05) is 0 Å². The molecule has 0 bridgehead atoms. The third-order valence-corrected chi connectivity index (χ3v) is 2.73. The maximum atomic E-state index is 11.4. The SMILES string of the molecule is CCc1ccc2cc(C(=O)OC)ccc2c1. The molecule has 0 N–H and O–H groups in total. The molecule has 2 aromatic carbocycles. The van der Waals surface area contributed by atoms with E-state index in [1.54, 1.807) is 6.07 Å². The Bertz CT molecular complexity index is 529. The molecule has 0 fully saturated rings. The maximum absolute atomic E-state index is 11.4. The van der Waals surface area contributed by atoms with Crippen molar-refractivity contribution in [2.24, 2.45) is 0 Å². The van der Waals surface area contributed by atoms with Gasteiger partial charge >= 0.3 is 5.97 Å². The average molecular weight is 214 g/mol. The molecule has 2 heteroatoms. The van der Waals surface area contributed by atoms with Crippen molar-refractivity contribution in [3.63, 3.8) is 0 Å². The molecule has 0 atom stereocenters. The van der Waals surface area contributed by atoms with Crippen LogP contribution in [0, 0.1) is 0 Å². The van der Waals surface area contributed by atoms with E-state index < -0.39 is 0 Å². The summed E-state index contributed by atoms with van der Waals surface area (Å²) < 4.78 is 4.69. The Morgan fingerprint density at radius 2 is 1.81 bits per heavy atom. The van der Waals surface area contributed by atoms with E-state index in [1.807, 2.05) is 18.2 Å². The summed E-state index contributed by atoms with van der Waals surface area (Å²) in [4.78, 5) is 11.4. The summed E-state index contributed by atoms with van der Waals surface area (Å²) in [7, 11) is 1.40. The van der Waals surface area contributed by atoms with Gasteiger partial charge in [0.25, 0.3) is 0 Å². The summed E-state index contributed by atoms with van der Waals surface area (Å²) in [5.74, 6) is -0.290. The minimum Gasteiger partial charge on any atom is -0.465 e. The Kier molecular flexibility index (Phi) is 2.91. The monoisotopic (exact) mass is 214 g/mol. The van der Waals surface area contributed by atoms with Crippen molar-refractivity contribution >= 4 is 16.7 Å². The molecule has 0 aliphatic rings. The first kappa shape index (κ1) is 10.7. The Hall–Kier alpha value is -1.83. The lowest BCUT2D eigenvalue weighted by Crippen LogP contribution is -2.00. The highest BCUT2D eigenvalue weighted by Crippen LogP contribution is 2.18. The highest BCUT2D eigenvalue weighted by molar-refractivity contribution is 5.95. The normalized spacial score (nSPS) is 10.4. The fraction of sp³-hybridized carbons (Fsp3) is 0.214. The molecule has 2 aromatic rings. The summed E-state index contributed by atoms with van der Waals surface area (Å²) in [6.45, 7) is 2.13. The second-order valence-corrected chi connectivity index (χ2v) is 3.74. The van der Waals surface area contributed by atoms with E-state index in [4.69, 9.17) is 4.74 Å². The van der Waals surface area contributed by atoms with E-state index in [-0.39, 0.29) is 5.97 Å². The average Bonchev–Trinajstić information content (AvgIpc) is 2.36. The van der Waals surface area contributed by atoms with E-state index in [1.165, 1.54) is 12.7 Å². The number of hydrogen-bond donors (Lipinski definition) is 0. The van der Waals surface area contributed by atoms with Gasteiger partial charge in [0.15, 0.2) is 0 Å². The van der Waals surface area contributed by atoms with Crippen LogP contribution in [0.1, 0.15) is 22.8 Å². The van der Waals surface area contributed by atoms with Crippen molar-refractivity contribution in [1.29, 1.82) is 0 Å². The lowest BCUT2D eigenvalue weighted by Gasteiger charge is -2.03. The quantitative estimate of drug-likeness (QED) is 0.718. The van der Waals surface area contributed by atoms with Crippen LogP contribution in [0.4, 0.5) is 0 Å². The number of aryl methyl sites for hydroxylation is 1. The Morgan fingerprint density at radius 3 is 2.50 bits per heavy atom. The molecule has 0 aromatic heterocycles. The van der Waals surface area contributed by atoms with Crippen LogP contribution in [0.5, 0.6) is 0 Å². The van der Waals surface area contributed by atoms with Crippen LogP contribution in [0.3, 0.4) is 0 Å². The van der Waals surface area contributed by atoms with Crippen LogP contribution in [-0.2, 0) is 11.2 Å². The van der Waals surface area contributed by atoms with Crippen LogP contribution in [-0.4, -0.2) is 13.1 Å². The van der Waals surface area contributed by atoms with Crippen molar-refractivity contribution in [3.8, 4) is 0 Å². The van der Waals surface area contributed by atoms with Gasteiger partial charge in [-0.15, -0.1) is 0 Å². The first-order valence-electron chi connectivity index (χ1n) is 5.35. The van der Waals surface area contributed by atoms with Gasteiger partial charge < -0.3 is 4.74 Å². The minimum atomic E-state index is -0.290. The van der Waals surface area contributed by atoms with E-state index in [2.05, 4.69) is 19.1 Å². The molecular formula is C14H14O2. The molecule has 0 heterocycles. The molecule has 0 saturated heterocycles. The molecular weight excluding hydrogens is 200 g/mol. The second-order valence-electron chi connectivity index (χ2n) is 3.74. The zero-order valence-electron chi connectivity index (χ0n) is 9.49. The van der Waals surface area contributed by atoms with Crippen LogP contribution < -0.4 is 0 Å². The molecule has 0 aliphatic heterocycles. The summed E-state index contributed by atoms with van der Waals surface area (Å²) >= 11 is 0. The summed E-state index contributed by atoms with van der Waals surface area (Å²) in [5.41, 5.74) is 1.90. The van der Waals surface area contributed by atoms with Crippen molar-refractivity contribution in [3.05, 3.63) is 47.5 Å². The van der Waals surface area contributed by atoms with Gasteiger partial charge in [-0.2, -0.15) is 0 Å². The molecule has 0 amide bonds. The topological polar surface area (TPSA) is 26.3 Å². The Morgan fingerprint density at radius 1 is 1.12 bits per heavy atom. The van der Waals surface area contributed by atoms with Crippen LogP contribution in [0.15, 0.2) is 36.4 Å². The lowest BCUT2D eigenvalue weighted by atomic mass is 10.0. The van der Waals surface area contributed by atoms with Crippen molar-refractivity contribution in [2.75, 3.05) is 7.11 Å². The first-order valence-corrected chi connectivity index (χ1v) is 5.35. The van der Waals surface area contributed by atoms with Gasteiger partial charge in [0.2, 0.25) is 0 Å². The number of fused-ring (bicyclic) bond motifs is 1. The predicted molar refractivity (Wildman–Crippen MR) is 64.7 cm³/mol. The standard InChI is InChI=1S/C14H14O2/c1-3-10-4-5-12-9-13(14(15)16-2)7-6-11(12)8-10/h4-9H,3H2,1-2H3. The maximum Gasteiger partial charge on any atom is 0.337 e. The van der Waals surface area contributed by atoms with Gasteiger partial charge in [0.1, 0.15) is 0 Å². The molecule has 0 saturated carbocycles. The number of hydrogen-bond acceptors (Lipinski definition) is 2. The molecule has 0 spiro atoms. The Balaban J connectivity index is 2.51. The van der Waals surface area contributed by atoms with Crippen molar-refractivity contribution in [2.45, 2.75) is 13.3 Å². The molecule has 2 rings (SSSR count). The second kappa shape index (κ2) is 4.35. The number of benzene rings is 2. The van der Waals surface area contributed by atoms with E-state index in [0.29, 0.717) is 5.56 Å². The molecule has 0 unspecified atom stereocenters. The summed E-state index contributed by atoms with van der Waals surface area (Å²) in [6, 6.07) is 11.9. The van der Waals surface area contributed by atoms with E-state index in [9.17, 15) is 4.79 Å². The third kappa shape index (κ3) is 1.91. The van der Waals surface area contributed by atoms with Crippen LogP contribution >= 0.6 is 0 Å². The number of carbonyl (C=O) groups excluding carboxylic acids is 1. The molecule has 2 nitrogen and oxygen atoms in total. The highest BCUT2D eigenvalue weighted by Gasteiger charge is 2.05. The molecule has 0 aliphatic carbocycles. The van der Waals surface area contributed by atoms with E-state index >= 15 is 0 Å². The van der Waals surface area contributed by atoms with Gasteiger partial charge in [0.05, 0.1) is 12.7 Å².